The van der Waals surface area contributed by atoms with Crippen LogP contribution in [0.3, 0.4) is 0 Å². The van der Waals surface area contributed by atoms with Gasteiger partial charge in [0.15, 0.2) is 5.16 Å². The number of carbonyl (C=O) groups excluding carboxylic acids is 1. The van der Waals surface area contributed by atoms with Gasteiger partial charge in [-0.15, -0.1) is 0 Å². The van der Waals surface area contributed by atoms with Gasteiger partial charge in [-0.3, -0.25) is 4.79 Å². The summed E-state index contributed by atoms with van der Waals surface area (Å²) < 4.78 is 2.29. The molecule has 2 atom stereocenters. The fourth-order valence-electron chi connectivity index (χ4n) is 4.46. The van der Waals surface area contributed by atoms with E-state index < -0.39 is 0 Å². The Labute approximate surface area is 156 Å². The summed E-state index contributed by atoms with van der Waals surface area (Å²) in [6, 6.07) is 0.509. The van der Waals surface area contributed by atoms with E-state index in [9.17, 15) is 4.79 Å². The Balaban J connectivity index is 1.65. The van der Waals surface area contributed by atoms with E-state index in [1.807, 2.05) is 0 Å². The summed E-state index contributed by atoms with van der Waals surface area (Å²) in [6.07, 6.45) is 7.66. The quantitative estimate of drug-likeness (QED) is 0.726. The Hall–Kier alpha value is -0.970. The molecule has 1 aromatic rings. The second kappa shape index (κ2) is 8.15. The molecule has 0 bridgehead atoms. The van der Waals surface area contributed by atoms with Crippen molar-refractivity contribution in [3.63, 3.8) is 0 Å². The second-order valence-corrected chi connectivity index (χ2v) is 9.14. The number of hydrogen-bond acceptors (Lipinski definition) is 3. The number of piperidine rings is 1. The van der Waals surface area contributed by atoms with Gasteiger partial charge in [0, 0.05) is 24.8 Å². The lowest BCUT2D eigenvalue weighted by Gasteiger charge is -2.44. The zero-order chi connectivity index (χ0) is 18.0. The highest BCUT2D eigenvalue weighted by atomic mass is 32.2. The van der Waals surface area contributed by atoms with Gasteiger partial charge in [-0.05, 0) is 51.4 Å². The monoisotopic (exact) mass is 363 g/mol. The number of aryl methyl sites for hydroxylation is 1. The van der Waals surface area contributed by atoms with Crippen LogP contribution in [-0.2, 0) is 11.3 Å². The van der Waals surface area contributed by atoms with E-state index in [2.05, 4.69) is 37.2 Å². The van der Waals surface area contributed by atoms with Gasteiger partial charge in [-0.1, -0.05) is 38.5 Å². The summed E-state index contributed by atoms with van der Waals surface area (Å²) in [6.45, 7) is 10.6. The molecule has 0 N–H and O–H groups in total. The first-order valence-corrected chi connectivity index (χ1v) is 10.9. The Bertz CT molecular complexity index is 608. The number of likely N-dealkylation sites (tertiary alicyclic amines) is 1. The molecule has 4 nitrogen and oxygen atoms in total. The lowest BCUT2D eigenvalue weighted by Crippen LogP contribution is -2.50. The molecule has 5 heteroatoms. The van der Waals surface area contributed by atoms with Crippen LogP contribution in [-0.4, -0.2) is 38.7 Å². The van der Waals surface area contributed by atoms with Crippen LogP contribution in [0.1, 0.15) is 63.8 Å². The molecule has 2 unspecified atom stereocenters. The summed E-state index contributed by atoms with van der Waals surface area (Å²) >= 11 is 1.63. The molecule has 3 rings (SSSR count). The summed E-state index contributed by atoms with van der Waals surface area (Å²) in [5.41, 5.74) is 2.31. The zero-order valence-electron chi connectivity index (χ0n) is 16.3. The van der Waals surface area contributed by atoms with Crippen molar-refractivity contribution in [1.82, 2.24) is 14.5 Å². The van der Waals surface area contributed by atoms with Crippen molar-refractivity contribution in [2.45, 2.75) is 84.0 Å². The van der Waals surface area contributed by atoms with Crippen LogP contribution in [0.15, 0.2) is 5.16 Å². The second-order valence-electron chi connectivity index (χ2n) is 8.20. The van der Waals surface area contributed by atoms with Crippen molar-refractivity contribution in [3.05, 3.63) is 11.4 Å². The SMILES string of the molecule is Cc1nc(SCC(=O)N2CCCC3CCCCC32)n(CC(C)C)c1C. The maximum Gasteiger partial charge on any atom is 0.233 e. The van der Waals surface area contributed by atoms with E-state index in [4.69, 9.17) is 4.98 Å². The van der Waals surface area contributed by atoms with Crippen LogP contribution in [0.4, 0.5) is 0 Å². The molecule has 140 valence electrons. The van der Waals surface area contributed by atoms with Crippen molar-refractivity contribution in [2.24, 2.45) is 11.8 Å². The van der Waals surface area contributed by atoms with E-state index in [1.165, 1.54) is 44.2 Å². The van der Waals surface area contributed by atoms with E-state index >= 15 is 0 Å². The molecule has 1 aromatic heterocycles. The largest absolute Gasteiger partial charge is 0.339 e. The Morgan fingerprint density at radius 2 is 1.92 bits per heavy atom. The Morgan fingerprint density at radius 3 is 2.68 bits per heavy atom. The first-order chi connectivity index (χ1) is 12.0. The van der Waals surface area contributed by atoms with Gasteiger partial charge < -0.3 is 9.47 Å². The summed E-state index contributed by atoms with van der Waals surface area (Å²) in [7, 11) is 0. The summed E-state index contributed by atoms with van der Waals surface area (Å²) in [5, 5.41) is 1.01. The smallest absolute Gasteiger partial charge is 0.233 e. The van der Waals surface area contributed by atoms with Crippen molar-refractivity contribution < 1.29 is 4.79 Å². The first-order valence-electron chi connectivity index (χ1n) is 9.93. The minimum absolute atomic E-state index is 0.316. The van der Waals surface area contributed by atoms with Gasteiger partial charge in [0.25, 0.3) is 0 Å². The fourth-order valence-corrected chi connectivity index (χ4v) is 5.44. The van der Waals surface area contributed by atoms with Crippen LogP contribution in [0.5, 0.6) is 0 Å². The predicted octanol–water partition coefficient (Wildman–Crippen LogP) is 4.43. The molecule has 2 aliphatic rings. The highest BCUT2D eigenvalue weighted by Crippen LogP contribution is 2.35. The molecule has 0 radical (unpaired) electrons. The third kappa shape index (κ3) is 4.24. The zero-order valence-corrected chi connectivity index (χ0v) is 17.1. The lowest BCUT2D eigenvalue weighted by molar-refractivity contribution is -0.134. The van der Waals surface area contributed by atoms with Gasteiger partial charge in [0.1, 0.15) is 0 Å². The van der Waals surface area contributed by atoms with Crippen LogP contribution in [0.25, 0.3) is 0 Å². The minimum atomic E-state index is 0.316. The maximum atomic E-state index is 12.9. The molecule has 1 amide bonds. The lowest BCUT2D eigenvalue weighted by atomic mass is 9.78. The molecule has 1 saturated carbocycles. The molecule has 1 saturated heterocycles. The Morgan fingerprint density at radius 1 is 1.20 bits per heavy atom. The number of thioether (sulfide) groups is 1. The Kier molecular flexibility index (Phi) is 6.13. The fraction of sp³-hybridized carbons (Fsp3) is 0.800. The highest BCUT2D eigenvalue weighted by Gasteiger charge is 2.35. The molecule has 1 aliphatic carbocycles. The number of rotatable bonds is 5. The van der Waals surface area contributed by atoms with Gasteiger partial charge >= 0.3 is 0 Å². The van der Waals surface area contributed by atoms with E-state index in [0.29, 0.717) is 23.6 Å². The highest BCUT2D eigenvalue weighted by molar-refractivity contribution is 7.99. The third-order valence-corrected chi connectivity index (χ3v) is 6.82. The number of imidazole rings is 1. The van der Waals surface area contributed by atoms with Gasteiger partial charge in [-0.25, -0.2) is 4.98 Å². The van der Waals surface area contributed by atoms with Crippen LogP contribution < -0.4 is 0 Å². The molecule has 2 fully saturated rings. The maximum absolute atomic E-state index is 12.9. The van der Waals surface area contributed by atoms with Crippen molar-refractivity contribution in [3.8, 4) is 0 Å². The number of hydrogen-bond donors (Lipinski definition) is 0. The number of amides is 1. The van der Waals surface area contributed by atoms with E-state index in [-0.39, 0.29) is 0 Å². The van der Waals surface area contributed by atoms with Crippen molar-refractivity contribution >= 4 is 17.7 Å². The first kappa shape index (κ1) is 18.8. The molecule has 25 heavy (non-hydrogen) atoms. The predicted molar refractivity (Wildman–Crippen MR) is 104 cm³/mol. The number of fused-ring (bicyclic) bond motifs is 1. The van der Waals surface area contributed by atoms with Gasteiger partial charge in [-0.2, -0.15) is 0 Å². The average molecular weight is 364 g/mol. The minimum Gasteiger partial charge on any atom is -0.339 e. The molecule has 0 aromatic carbocycles. The number of aromatic nitrogens is 2. The van der Waals surface area contributed by atoms with Crippen LogP contribution in [0.2, 0.25) is 0 Å². The normalized spacial score (nSPS) is 23.8. The van der Waals surface area contributed by atoms with Crippen molar-refractivity contribution in [2.75, 3.05) is 12.3 Å². The van der Waals surface area contributed by atoms with Gasteiger partial charge in [0.05, 0.1) is 11.4 Å². The molecule has 1 aliphatic heterocycles. The van der Waals surface area contributed by atoms with Gasteiger partial charge in [0.2, 0.25) is 5.91 Å². The number of nitrogens with zero attached hydrogens (tertiary/aromatic N) is 3. The van der Waals surface area contributed by atoms with E-state index in [0.717, 1.165) is 29.9 Å². The number of carbonyl (C=O) groups is 1. The molecule has 0 spiro atoms. The van der Waals surface area contributed by atoms with Crippen LogP contribution in [0, 0.1) is 25.7 Å². The molecular weight excluding hydrogens is 330 g/mol. The summed E-state index contributed by atoms with van der Waals surface area (Å²) in [4.78, 5) is 19.8. The van der Waals surface area contributed by atoms with Crippen LogP contribution >= 0.6 is 11.8 Å². The van der Waals surface area contributed by atoms with Crippen molar-refractivity contribution in [1.29, 1.82) is 0 Å². The molecule has 2 heterocycles. The topological polar surface area (TPSA) is 38.1 Å². The van der Waals surface area contributed by atoms with E-state index in [1.54, 1.807) is 11.8 Å². The third-order valence-electron chi connectivity index (χ3n) is 5.86. The molecular formula is C20H33N3OS. The average Bonchev–Trinajstić information content (AvgIpc) is 2.86. The summed E-state index contributed by atoms with van der Waals surface area (Å²) in [5.74, 6) is 2.17. The standard InChI is InChI=1S/C20H33N3OS/c1-14(2)12-23-16(4)15(3)21-20(23)25-13-19(24)22-11-7-9-17-8-5-6-10-18(17)22/h14,17-18H,5-13H2,1-4H3.